The lowest BCUT2D eigenvalue weighted by Gasteiger charge is -2.08. The summed E-state index contributed by atoms with van der Waals surface area (Å²) in [7, 11) is 1.80. The van der Waals surface area contributed by atoms with Gasteiger partial charge in [-0.1, -0.05) is 47.1 Å². The average Bonchev–Trinajstić information content (AvgIpc) is 3.07. The predicted octanol–water partition coefficient (Wildman–Crippen LogP) is 3.75. The standard InChI is InChI=1S/C21H22ClN5O2S/c1-13-5-4-6-15(9-13)20(29)23-11-18-25-26-21(27(18)3)30-12-19(28)24-16-8-7-14(2)17(22)10-16/h4-10H,11-12H2,1-3H3,(H,23,29)(H,24,28). The van der Waals surface area contributed by atoms with Gasteiger partial charge in [-0.25, -0.2) is 0 Å². The van der Waals surface area contributed by atoms with Gasteiger partial charge in [0.2, 0.25) is 5.91 Å². The molecule has 156 valence electrons. The summed E-state index contributed by atoms with van der Waals surface area (Å²) in [6.07, 6.45) is 0. The Labute approximate surface area is 184 Å². The Morgan fingerprint density at radius 3 is 2.67 bits per heavy atom. The number of hydrogen-bond donors (Lipinski definition) is 2. The number of hydrogen-bond acceptors (Lipinski definition) is 5. The van der Waals surface area contributed by atoms with Crippen molar-refractivity contribution in [3.63, 3.8) is 0 Å². The van der Waals surface area contributed by atoms with Crippen molar-refractivity contribution in [3.05, 3.63) is 70.0 Å². The van der Waals surface area contributed by atoms with E-state index < -0.39 is 0 Å². The quantitative estimate of drug-likeness (QED) is 0.543. The van der Waals surface area contributed by atoms with Crippen molar-refractivity contribution in [1.29, 1.82) is 0 Å². The molecule has 0 fully saturated rings. The summed E-state index contributed by atoms with van der Waals surface area (Å²) in [6, 6.07) is 12.7. The molecule has 1 aromatic heterocycles. The van der Waals surface area contributed by atoms with E-state index in [4.69, 9.17) is 11.6 Å². The predicted molar refractivity (Wildman–Crippen MR) is 119 cm³/mol. The van der Waals surface area contributed by atoms with E-state index in [1.807, 2.05) is 38.1 Å². The molecule has 0 aliphatic rings. The molecule has 9 heteroatoms. The Balaban J connectivity index is 1.52. The van der Waals surface area contributed by atoms with Crippen molar-refractivity contribution in [1.82, 2.24) is 20.1 Å². The zero-order valence-electron chi connectivity index (χ0n) is 16.9. The fourth-order valence-electron chi connectivity index (χ4n) is 2.67. The van der Waals surface area contributed by atoms with Gasteiger partial charge in [0.25, 0.3) is 5.91 Å². The number of thioether (sulfide) groups is 1. The molecule has 0 atom stereocenters. The number of amides is 2. The van der Waals surface area contributed by atoms with Gasteiger partial charge >= 0.3 is 0 Å². The number of carbonyl (C=O) groups is 2. The molecule has 2 amide bonds. The van der Waals surface area contributed by atoms with E-state index in [2.05, 4.69) is 20.8 Å². The zero-order valence-corrected chi connectivity index (χ0v) is 18.5. The second kappa shape index (κ2) is 9.77. The first kappa shape index (κ1) is 21.9. The van der Waals surface area contributed by atoms with E-state index in [0.29, 0.717) is 27.3 Å². The fraction of sp³-hybridized carbons (Fsp3) is 0.238. The van der Waals surface area contributed by atoms with Gasteiger partial charge in [0.15, 0.2) is 11.0 Å². The molecule has 0 radical (unpaired) electrons. The molecule has 3 aromatic rings. The van der Waals surface area contributed by atoms with E-state index in [-0.39, 0.29) is 24.1 Å². The summed E-state index contributed by atoms with van der Waals surface area (Å²) in [6.45, 7) is 4.08. The van der Waals surface area contributed by atoms with Crippen LogP contribution in [0.1, 0.15) is 27.3 Å². The first-order valence-electron chi connectivity index (χ1n) is 9.25. The topological polar surface area (TPSA) is 88.9 Å². The molecule has 2 aromatic carbocycles. The lowest BCUT2D eigenvalue weighted by atomic mass is 10.1. The Morgan fingerprint density at radius 2 is 1.93 bits per heavy atom. The van der Waals surface area contributed by atoms with E-state index in [0.717, 1.165) is 11.1 Å². The van der Waals surface area contributed by atoms with Gasteiger partial charge in [-0.2, -0.15) is 0 Å². The third-order valence-electron chi connectivity index (χ3n) is 4.40. The Kier molecular flexibility index (Phi) is 7.12. The van der Waals surface area contributed by atoms with Crippen LogP contribution in [0.15, 0.2) is 47.6 Å². The number of carbonyl (C=O) groups excluding carboxylic acids is 2. The van der Waals surface area contributed by atoms with Crippen LogP contribution in [0, 0.1) is 13.8 Å². The van der Waals surface area contributed by atoms with E-state index >= 15 is 0 Å². The normalized spacial score (nSPS) is 10.7. The highest BCUT2D eigenvalue weighted by Gasteiger charge is 2.13. The number of aromatic nitrogens is 3. The second-order valence-corrected chi connectivity index (χ2v) is 8.16. The Hall–Kier alpha value is -2.84. The van der Waals surface area contributed by atoms with E-state index in [9.17, 15) is 9.59 Å². The molecule has 0 saturated carbocycles. The van der Waals surface area contributed by atoms with E-state index in [1.165, 1.54) is 11.8 Å². The Morgan fingerprint density at radius 1 is 1.13 bits per heavy atom. The van der Waals surface area contributed by atoms with Crippen molar-refractivity contribution in [3.8, 4) is 0 Å². The maximum absolute atomic E-state index is 12.3. The number of nitrogens with one attached hydrogen (secondary N) is 2. The van der Waals surface area contributed by atoms with Crippen LogP contribution >= 0.6 is 23.4 Å². The summed E-state index contributed by atoms with van der Waals surface area (Å²) < 4.78 is 1.76. The average molecular weight is 444 g/mol. The highest BCUT2D eigenvalue weighted by atomic mass is 35.5. The number of benzene rings is 2. The van der Waals surface area contributed by atoms with E-state index in [1.54, 1.807) is 29.8 Å². The smallest absolute Gasteiger partial charge is 0.251 e. The molecule has 3 rings (SSSR count). The van der Waals surface area contributed by atoms with Gasteiger partial charge in [0.1, 0.15) is 0 Å². The van der Waals surface area contributed by atoms with Crippen molar-refractivity contribution in [2.24, 2.45) is 7.05 Å². The third kappa shape index (κ3) is 5.61. The minimum atomic E-state index is -0.174. The first-order valence-corrected chi connectivity index (χ1v) is 10.6. The highest BCUT2D eigenvalue weighted by Crippen LogP contribution is 2.21. The summed E-state index contributed by atoms with van der Waals surface area (Å²) in [4.78, 5) is 24.5. The minimum Gasteiger partial charge on any atom is -0.345 e. The molecule has 0 aliphatic heterocycles. The van der Waals surface area contributed by atoms with Gasteiger partial charge in [-0.05, 0) is 43.7 Å². The van der Waals surface area contributed by atoms with Crippen molar-refractivity contribution in [2.75, 3.05) is 11.1 Å². The van der Waals surface area contributed by atoms with Crippen LogP contribution in [-0.2, 0) is 18.4 Å². The molecule has 0 bridgehead atoms. The van der Waals surface area contributed by atoms with Gasteiger partial charge in [-0.3, -0.25) is 9.59 Å². The van der Waals surface area contributed by atoms with Gasteiger partial charge < -0.3 is 15.2 Å². The molecular formula is C21H22ClN5O2S. The van der Waals surface area contributed by atoms with Crippen LogP contribution in [0.25, 0.3) is 0 Å². The summed E-state index contributed by atoms with van der Waals surface area (Å²) in [5.74, 6) is 0.432. The summed E-state index contributed by atoms with van der Waals surface area (Å²) >= 11 is 7.35. The molecule has 2 N–H and O–H groups in total. The van der Waals surface area contributed by atoms with Crippen LogP contribution in [0.3, 0.4) is 0 Å². The maximum Gasteiger partial charge on any atom is 0.251 e. The lowest BCUT2D eigenvalue weighted by Crippen LogP contribution is -2.24. The monoisotopic (exact) mass is 443 g/mol. The molecule has 0 saturated heterocycles. The van der Waals surface area contributed by atoms with Crippen LogP contribution in [0.5, 0.6) is 0 Å². The van der Waals surface area contributed by atoms with Gasteiger partial charge in [0.05, 0.1) is 12.3 Å². The second-order valence-electron chi connectivity index (χ2n) is 6.81. The molecule has 7 nitrogen and oxygen atoms in total. The molecule has 0 spiro atoms. The molecule has 0 unspecified atom stereocenters. The Bertz CT molecular complexity index is 1080. The van der Waals surface area contributed by atoms with Gasteiger partial charge in [-0.15, -0.1) is 10.2 Å². The van der Waals surface area contributed by atoms with Crippen molar-refractivity contribution in [2.45, 2.75) is 25.5 Å². The number of halogens is 1. The molecule has 1 heterocycles. The SMILES string of the molecule is Cc1cccc(C(=O)NCc2nnc(SCC(=O)Nc3ccc(C)c(Cl)c3)n2C)c1. The van der Waals surface area contributed by atoms with Crippen LogP contribution < -0.4 is 10.6 Å². The zero-order chi connectivity index (χ0) is 21.7. The van der Waals surface area contributed by atoms with Gasteiger partial charge in [0, 0.05) is 23.3 Å². The summed E-state index contributed by atoms with van der Waals surface area (Å²) in [5, 5.41) is 15.1. The fourth-order valence-corrected chi connectivity index (χ4v) is 3.58. The maximum atomic E-state index is 12.3. The summed E-state index contributed by atoms with van der Waals surface area (Å²) in [5.41, 5.74) is 3.21. The largest absolute Gasteiger partial charge is 0.345 e. The number of anilines is 1. The van der Waals surface area contributed by atoms with Crippen molar-refractivity contribution < 1.29 is 9.59 Å². The molecular weight excluding hydrogens is 422 g/mol. The number of aryl methyl sites for hydroxylation is 2. The number of nitrogens with zero attached hydrogens (tertiary/aromatic N) is 3. The van der Waals surface area contributed by atoms with Crippen molar-refractivity contribution >= 4 is 40.9 Å². The molecule has 30 heavy (non-hydrogen) atoms. The highest BCUT2D eigenvalue weighted by molar-refractivity contribution is 7.99. The van der Waals surface area contributed by atoms with Crippen LogP contribution in [-0.4, -0.2) is 32.3 Å². The third-order valence-corrected chi connectivity index (χ3v) is 5.83. The van der Waals surface area contributed by atoms with Crippen LogP contribution in [0.4, 0.5) is 5.69 Å². The lowest BCUT2D eigenvalue weighted by molar-refractivity contribution is -0.113. The van der Waals surface area contributed by atoms with Crippen LogP contribution in [0.2, 0.25) is 5.02 Å². The minimum absolute atomic E-state index is 0.169. The molecule has 0 aliphatic carbocycles. The number of rotatable bonds is 7. The first-order chi connectivity index (χ1) is 14.3.